The largest absolute Gasteiger partial charge is 0.464 e. The zero-order valence-electron chi connectivity index (χ0n) is 14.3. The van der Waals surface area contributed by atoms with Gasteiger partial charge in [-0.05, 0) is 43.2 Å². The highest BCUT2D eigenvalue weighted by Gasteiger charge is 2.24. The molecule has 1 aromatic carbocycles. The van der Waals surface area contributed by atoms with E-state index < -0.39 is 5.97 Å². The van der Waals surface area contributed by atoms with E-state index in [-0.39, 0.29) is 17.5 Å². The number of hydrogen-bond acceptors (Lipinski definition) is 4. The van der Waals surface area contributed by atoms with Gasteiger partial charge in [0.2, 0.25) is 5.91 Å². The van der Waals surface area contributed by atoms with Crippen LogP contribution in [0.25, 0.3) is 0 Å². The van der Waals surface area contributed by atoms with E-state index >= 15 is 0 Å². The third-order valence-corrected chi connectivity index (χ3v) is 4.21. The molecule has 0 bridgehead atoms. The van der Waals surface area contributed by atoms with Gasteiger partial charge >= 0.3 is 5.97 Å². The van der Waals surface area contributed by atoms with Crippen LogP contribution in [0.3, 0.4) is 0 Å². The van der Waals surface area contributed by atoms with Crippen molar-refractivity contribution >= 4 is 29.2 Å². The van der Waals surface area contributed by atoms with Gasteiger partial charge in [-0.15, -0.1) is 0 Å². The number of nitrogens with zero attached hydrogens (tertiary/aromatic N) is 1. The summed E-state index contributed by atoms with van der Waals surface area (Å²) in [6, 6.07) is 6.91. The third kappa shape index (κ3) is 3.13. The zero-order chi connectivity index (χ0) is 18.1. The summed E-state index contributed by atoms with van der Waals surface area (Å²) in [6.07, 6.45) is 0.715. The van der Waals surface area contributed by atoms with Crippen molar-refractivity contribution in [2.24, 2.45) is 0 Å². The van der Waals surface area contributed by atoms with Crippen LogP contribution in [0.1, 0.15) is 39.0 Å². The lowest BCUT2D eigenvalue weighted by Crippen LogP contribution is -2.25. The van der Waals surface area contributed by atoms with Crippen LogP contribution >= 0.6 is 0 Å². The van der Waals surface area contributed by atoms with Crippen molar-refractivity contribution in [3.05, 3.63) is 46.8 Å². The van der Waals surface area contributed by atoms with Gasteiger partial charge in [-0.2, -0.15) is 0 Å². The average molecular weight is 341 g/mol. The van der Waals surface area contributed by atoms with Gasteiger partial charge in [-0.1, -0.05) is 0 Å². The van der Waals surface area contributed by atoms with E-state index in [1.165, 1.54) is 14.0 Å². The third-order valence-electron chi connectivity index (χ3n) is 4.21. The lowest BCUT2D eigenvalue weighted by atomic mass is 10.1. The Balaban J connectivity index is 1.84. The van der Waals surface area contributed by atoms with Crippen molar-refractivity contribution in [2.75, 3.05) is 23.9 Å². The van der Waals surface area contributed by atoms with Gasteiger partial charge in [0, 0.05) is 30.4 Å². The first kappa shape index (κ1) is 16.8. The smallest absolute Gasteiger partial charge is 0.356 e. The Bertz CT molecular complexity index is 869. The molecular formula is C18H19N3O4. The number of aromatic nitrogens is 1. The number of carbonyl (C=O) groups excluding carboxylic acids is 3. The molecule has 0 spiro atoms. The molecule has 0 atom stereocenters. The predicted octanol–water partition coefficient (Wildman–Crippen LogP) is 2.27. The minimum atomic E-state index is -0.547. The first-order chi connectivity index (χ1) is 11.9. The maximum atomic E-state index is 12.5. The number of aryl methyl sites for hydroxylation is 1. The van der Waals surface area contributed by atoms with Gasteiger partial charge in [0.05, 0.1) is 12.8 Å². The molecule has 25 heavy (non-hydrogen) atoms. The van der Waals surface area contributed by atoms with Crippen molar-refractivity contribution in [3.63, 3.8) is 0 Å². The van der Waals surface area contributed by atoms with Crippen molar-refractivity contribution in [3.8, 4) is 0 Å². The van der Waals surface area contributed by atoms with Crippen molar-refractivity contribution in [1.29, 1.82) is 0 Å². The number of hydrogen-bond donors (Lipinski definition) is 2. The molecule has 7 nitrogen and oxygen atoms in total. The van der Waals surface area contributed by atoms with Gasteiger partial charge in [-0.25, -0.2) is 4.79 Å². The van der Waals surface area contributed by atoms with Gasteiger partial charge in [0.15, 0.2) is 0 Å². The summed E-state index contributed by atoms with van der Waals surface area (Å²) in [5.74, 6) is -0.885. The molecule has 2 aromatic rings. The van der Waals surface area contributed by atoms with Crippen LogP contribution in [0, 0.1) is 6.92 Å². The number of anilines is 2. The van der Waals surface area contributed by atoms with E-state index in [0.717, 1.165) is 16.9 Å². The number of rotatable bonds is 3. The summed E-state index contributed by atoms with van der Waals surface area (Å²) in [7, 11) is 1.28. The number of amides is 2. The summed E-state index contributed by atoms with van der Waals surface area (Å²) in [4.78, 5) is 40.5. The molecule has 0 fully saturated rings. The number of H-pyrrole nitrogens is 1. The quantitative estimate of drug-likeness (QED) is 0.838. The van der Waals surface area contributed by atoms with Crippen LogP contribution in [-0.2, 0) is 16.0 Å². The molecule has 2 heterocycles. The van der Waals surface area contributed by atoms with Crippen LogP contribution in [0.5, 0.6) is 0 Å². The second-order valence-corrected chi connectivity index (χ2v) is 5.95. The second kappa shape index (κ2) is 6.43. The first-order valence-corrected chi connectivity index (χ1v) is 7.91. The summed E-state index contributed by atoms with van der Waals surface area (Å²) in [5.41, 5.74) is 3.59. The normalized spacial score (nSPS) is 12.7. The molecule has 1 aromatic heterocycles. The van der Waals surface area contributed by atoms with Crippen molar-refractivity contribution in [2.45, 2.75) is 20.3 Å². The predicted molar refractivity (Wildman–Crippen MR) is 93.0 cm³/mol. The number of fused-ring (bicyclic) bond motifs is 1. The fourth-order valence-electron chi connectivity index (χ4n) is 3.02. The van der Waals surface area contributed by atoms with Gasteiger partial charge in [-0.3, -0.25) is 9.59 Å². The zero-order valence-corrected chi connectivity index (χ0v) is 14.3. The molecule has 0 saturated carbocycles. The molecular weight excluding hydrogens is 322 g/mol. The molecule has 1 aliphatic rings. The van der Waals surface area contributed by atoms with Gasteiger partial charge in [0.1, 0.15) is 5.69 Å². The Morgan fingerprint density at radius 2 is 2.00 bits per heavy atom. The molecule has 130 valence electrons. The second-order valence-electron chi connectivity index (χ2n) is 5.95. The SMILES string of the molecule is COC(=O)c1[nH]c(C)cc1NC(=O)c1ccc2c(c1)CCN2C(C)=O. The summed E-state index contributed by atoms with van der Waals surface area (Å²) in [6.45, 7) is 3.94. The van der Waals surface area contributed by atoms with E-state index in [4.69, 9.17) is 4.74 Å². The van der Waals surface area contributed by atoms with Crippen LogP contribution in [-0.4, -0.2) is 36.4 Å². The lowest BCUT2D eigenvalue weighted by Gasteiger charge is -2.14. The van der Waals surface area contributed by atoms with Crippen LogP contribution < -0.4 is 10.2 Å². The van der Waals surface area contributed by atoms with Crippen LogP contribution in [0.2, 0.25) is 0 Å². The monoisotopic (exact) mass is 341 g/mol. The Kier molecular flexibility index (Phi) is 4.31. The fourth-order valence-corrected chi connectivity index (χ4v) is 3.02. The Morgan fingerprint density at radius 1 is 1.24 bits per heavy atom. The van der Waals surface area contributed by atoms with Gasteiger partial charge in [0.25, 0.3) is 5.91 Å². The van der Waals surface area contributed by atoms with E-state index in [2.05, 4.69) is 10.3 Å². The summed E-state index contributed by atoms with van der Waals surface area (Å²) < 4.78 is 4.71. The minimum Gasteiger partial charge on any atom is -0.464 e. The molecule has 2 N–H and O–H groups in total. The highest BCUT2D eigenvalue weighted by Crippen LogP contribution is 2.29. The highest BCUT2D eigenvalue weighted by atomic mass is 16.5. The molecule has 2 amide bonds. The first-order valence-electron chi connectivity index (χ1n) is 7.91. The number of carbonyl (C=O) groups is 3. The number of esters is 1. The van der Waals surface area contributed by atoms with Crippen LogP contribution in [0.15, 0.2) is 24.3 Å². The lowest BCUT2D eigenvalue weighted by molar-refractivity contribution is -0.116. The number of ether oxygens (including phenoxy) is 1. The molecule has 3 rings (SSSR count). The van der Waals surface area contributed by atoms with E-state index in [9.17, 15) is 14.4 Å². The average Bonchev–Trinajstić information content (AvgIpc) is 3.16. The Hall–Kier alpha value is -3.09. The van der Waals surface area contributed by atoms with Crippen LogP contribution in [0.4, 0.5) is 11.4 Å². The van der Waals surface area contributed by atoms with Crippen molar-refractivity contribution < 1.29 is 19.1 Å². The molecule has 0 saturated heterocycles. The standard InChI is InChI=1S/C18H19N3O4/c1-10-8-14(16(19-10)18(24)25-3)20-17(23)13-4-5-15-12(9-13)6-7-21(15)11(2)22/h4-5,8-9,19H,6-7H2,1-3H3,(H,20,23). The maximum Gasteiger partial charge on any atom is 0.356 e. The number of aromatic amines is 1. The topological polar surface area (TPSA) is 91.5 Å². The summed E-state index contributed by atoms with van der Waals surface area (Å²) >= 11 is 0. The molecule has 0 radical (unpaired) electrons. The summed E-state index contributed by atoms with van der Waals surface area (Å²) in [5, 5.41) is 2.74. The molecule has 0 unspecified atom stereocenters. The Labute approximate surface area is 145 Å². The fraction of sp³-hybridized carbons (Fsp3) is 0.278. The number of nitrogens with one attached hydrogen (secondary N) is 2. The van der Waals surface area contributed by atoms with E-state index in [1.54, 1.807) is 36.1 Å². The maximum absolute atomic E-state index is 12.5. The van der Waals surface area contributed by atoms with Gasteiger partial charge < -0.3 is 19.9 Å². The van der Waals surface area contributed by atoms with E-state index in [0.29, 0.717) is 24.2 Å². The van der Waals surface area contributed by atoms with Crippen molar-refractivity contribution in [1.82, 2.24) is 4.98 Å². The molecule has 7 heteroatoms. The molecule has 1 aliphatic heterocycles. The minimum absolute atomic E-state index is 0.0125. The van der Waals surface area contributed by atoms with E-state index in [1.807, 2.05) is 0 Å². The number of benzene rings is 1. The number of methoxy groups -OCH3 is 1. The molecule has 0 aliphatic carbocycles. The highest BCUT2D eigenvalue weighted by molar-refractivity contribution is 6.08. The Morgan fingerprint density at radius 3 is 2.68 bits per heavy atom.